The van der Waals surface area contributed by atoms with Crippen molar-refractivity contribution in [3.05, 3.63) is 71.8 Å². The number of aliphatic hydroxyl groups is 1. The molecule has 3 N–H and O–H groups in total. The van der Waals surface area contributed by atoms with Crippen LogP contribution >= 0.6 is 0 Å². The number of amides is 1. The molecule has 0 bridgehead atoms. The van der Waals surface area contributed by atoms with Crippen molar-refractivity contribution in [1.82, 2.24) is 25.1 Å². The molecule has 1 saturated heterocycles. The minimum Gasteiger partial charge on any atom is -0.393 e. The number of nitrogens with one attached hydrogen (secondary N) is 2. The van der Waals surface area contributed by atoms with Gasteiger partial charge in [-0.1, -0.05) is 6.07 Å². The molecule has 8 heteroatoms. The predicted molar refractivity (Wildman–Crippen MR) is 127 cm³/mol. The minimum absolute atomic E-state index is 0.180. The summed E-state index contributed by atoms with van der Waals surface area (Å²) in [5, 5.41) is 20.5. The Morgan fingerprint density at radius 1 is 1.15 bits per heavy atom. The molecule has 0 atom stereocenters. The van der Waals surface area contributed by atoms with Crippen molar-refractivity contribution in [3.63, 3.8) is 0 Å². The number of carbonyl (C=O) groups excluding carboxylic acids is 1. The average Bonchev–Trinajstić information content (AvgIpc) is 3.24. The number of hydrogen-bond donors (Lipinski definition) is 3. The number of nitrogens with zero attached hydrogens (tertiary/aromatic N) is 4. The van der Waals surface area contributed by atoms with Gasteiger partial charge in [0.15, 0.2) is 5.69 Å². The van der Waals surface area contributed by atoms with E-state index in [0.717, 1.165) is 65.6 Å². The van der Waals surface area contributed by atoms with E-state index in [2.05, 4.69) is 36.4 Å². The van der Waals surface area contributed by atoms with Crippen LogP contribution in [-0.4, -0.2) is 55.3 Å². The molecule has 0 aliphatic carbocycles. The molecule has 0 radical (unpaired) electrons. The molecule has 8 nitrogen and oxygen atoms in total. The number of likely N-dealkylation sites (tertiary alicyclic amines) is 1. The van der Waals surface area contributed by atoms with Gasteiger partial charge in [-0.05, 0) is 66.8 Å². The number of aromatic amines is 1. The number of rotatable bonds is 5. The predicted octanol–water partition coefficient (Wildman–Crippen LogP) is 3.54. The number of aryl methyl sites for hydroxylation is 1. The lowest BCUT2D eigenvalue weighted by Crippen LogP contribution is -2.35. The smallest absolute Gasteiger partial charge is 0.277 e. The summed E-state index contributed by atoms with van der Waals surface area (Å²) in [5.41, 5.74) is 5.21. The summed E-state index contributed by atoms with van der Waals surface area (Å²) >= 11 is 0. The summed E-state index contributed by atoms with van der Waals surface area (Å²) in [6, 6.07) is 11.7. The summed E-state index contributed by atoms with van der Waals surface area (Å²) in [6.45, 7) is 4.53. The van der Waals surface area contributed by atoms with Crippen molar-refractivity contribution >= 4 is 22.6 Å². The topological polar surface area (TPSA) is 107 Å². The molecule has 0 spiro atoms. The van der Waals surface area contributed by atoms with Crippen LogP contribution in [0.15, 0.2) is 55.0 Å². The second-order valence-corrected chi connectivity index (χ2v) is 8.59. The second-order valence-electron chi connectivity index (χ2n) is 8.59. The van der Waals surface area contributed by atoms with Crippen molar-refractivity contribution in [2.45, 2.75) is 32.4 Å². The molecule has 4 aromatic rings. The van der Waals surface area contributed by atoms with Crippen molar-refractivity contribution in [1.29, 1.82) is 0 Å². The number of aliphatic hydroxyl groups excluding tert-OH is 1. The Morgan fingerprint density at radius 3 is 2.82 bits per heavy atom. The normalized spacial score (nSPS) is 15.1. The maximum atomic E-state index is 12.9. The first-order chi connectivity index (χ1) is 16.0. The van der Waals surface area contributed by atoms with Crippen molar-refractivity contribution in [2.75, 3.05) is 18.4 Å². The molecule has 5 rings (SSSR count). The van der Waals surface area contributed by atoms with Crippen molar-refractivity contribution in [3.8, 4) is 11.1 Å². The SMILES string of the molecule is Cc1ccnc(NC(=O)c2n[nH]c3ccc(-c4cncc(CN5CCC(O)CC5)c4)cc23)c1. The molecule has 168 valence electrons. The molecular weight excluding hydrogens is 416 g/mol. The Bertz CT molecular complexity index is 1290. The fraction of sp³-hybridized carbons (Fsp3) is 0.280. The molecule has 4 heterocycles. The fourth-order valence-corrected chi connectivity index (χ4v) is 4.21. The zero-order valence-electron chi connectivity index (χ0n) is 18.5. The highest BCUT2D eigenvalue weighted by Gasteiger charge is 2.18. The third-order valence-electron chi connectivity index (χ3n) is 6.03. The Labute approximate surface area is 191 Å². The van der Waals surface area contributed by atoms with Crippen LogP contribution in [0, 0.1) is 6.92 Å². The van der Waals surface area contributed by atoms with Gasteiger partial charge < -0.3 is 10.4 Å². The standard InChI is InChI=1S/C25H26N6O2/c1-16-4-7-27-23(10-16)28-25(33)24-21-12-18(2-3-22(21)29-30-24)19-11-17(13-26-14-19)15-31-8-5-20(32)6-9-31/h2-4,7,10-14,20,32H,5-6,8-9,15H2,1H3,(H,29,30)(H,27,28,33). The third kappa shape index (κ3) is 4.76. The zero-order valence-corrected chi connectivity index (χ0v) is 18.5. The van der Waals surface area contributed by atoms with Gasteiger partial charge in [0.1, 0.15) is 5.82 Å². The lowest BCUT2D eigenvalue weighted by molar-refractivity contribution is 0.0792. The number of benzene rings is 1. The molecular formula is C25H26N6O2. The van der Waals surface area contributed by atoms with Crippen LogP contribution in [0.3, 0.4) is 0 Å². The molecule has 1 aliphatic heterocycles. The zero-order chi connectivity index (χ0) is 22.8. The highest BCUT2D eigenvalue weighted by molar-refractivity contribution is 6.11. The molecule has 1 aromatic carbocycles. The number of anilines is 1. The Hall–Kier alpha value is -3.62. The van der Waals surface area contributed by atoms with Gasteiger partial charge in [-0.2, -0.15) is 5.10 Å². The number of piperidine rings is 1. The largest absolute Gasteiger partial charge is 0.393 e. The lowest BCUT2D eigenvalue weighted by Gasteiger charge is -2.29. The van der Waals surface area contributed by atoms with Gasteiger partial charge in [0.2, 0.25) is 0 Å². The van der Waals surface area contributed by atoms with Crippen LogP contribution in [0.25, 0.3) is 22.0 Å². The van der Waals surface area contributed by atoms with Crippen LogP contribution in [0.2, 0.25) is 0 Å². The summed E-state index contributed by atoms with van der Waals surface area (Å²) in [7, 11) is 0. The fourth-order valence-electron chi connectivity index (χ4n) is 4.21. The molecule has 0 saturated carbocycles. The summed E-state index contributed by atoms with van der Waals surface area (Å²) in [5.74, 6) is 0.185. The average molecular weight is 443 g/mol. The van der Waals surface area contributed by atoms with Gasteiger partial charge in [-0.15, -0.1) is 0 Å². The quantitative estimate of drug-likeness (QED) is 0.436. The number of carbonyl (C=O) groups is 1. The molecule has 3 aromatic heterocycles. The molecule has 1 aliphatic rings. The maximum Gasteiger partial charge on any atom is 0.277 e. The van der Waals surface area contributed by atoms with Gasteiger partial charge in [-0.3, -0.25) is 19.8 Å². The monoisotopic (exact) mass is 442 g/mol. The highest BCUT2D eigenvalue weighted by atomic mass is 16.3. The van der Waals surface area contributed by atoms with E-state index in [4.69, 9.17) is 0 Å². The van der Waals surface area contributed by atoms with Crippen LogP contribution < -0.4 is 5.32 Å². The van der Waals surface area contributed by atoms with E-state index in [1.54, 1.807) is 6.20 Å². The number of hydrogen-bond acceptors (Lipinski definition) is 6. The van der Waals surface area contributed by atoms with E-state index < -0.39 is 0 Å². The Morgan fingerprint density at radius 2 is 2.00 bits per heavy atom. The number of pyridine rings is 2. The van der Waals surface area contributed by atoms with Gasteiger partial charge in [0.05, 0.1) is 11.6 Å². The van der Waals surface area contributed by atoms with E-state index in [1.165, 1.54) is 0 Å². The number of fused-ring (bicyclic) bond motifs is 1. The van der Waals surface area contributed by atoms with Gasteiger partial charge in [0, 0.05) is 49.2 Å². The molecule has 0 unspecified atom stereocenters. The first-order valence-electron chi connectivity index (χ1n) is 11.1. The highest BCUT2D eigenvalue weighted by Crippen LogP contribution is 2.26. The first kappa shape index (κ1) is 21.2. The van der Waals surface area contributed by atoms with Gasteiger partial charge in [0.25, 0.3) is 5.91 Å². The van der Waals surface area contributed by atoms with E-state index in [0.29, 0.717) is 11.5 Å². The van der Waals surface area contributed by atoms with Crippen molar-refractivity contribution in [2.24, 2.45) is 0 Å². The van der Waals surface area contributed by atoms with E-state index in [-0.39, 0.29) is 12.0 Å². The van der Waals surface area contributed by atoms with Crippen molar-refractivity contribution < 1.29 is 9.90 Å². The molecule has 33 heavy (non-hydrogen) atoms. The summed E-state index contributed by atoms with van der Waals surface area (Å²) < 4.78 is 0. The summed E-state index contributed by atoms with van der Waals surface area (Å²) in [4.78, 5) is 23.9. The Balaban J connectivity index is 1.39. The van der Waals surface area contributed by atoms with E-state index >= 15 is 0 Å². The maximum absolute atomic E-state index is 12.9. The molecule has 1 amide bonds. The molecule has 1 fully saturated rings. The number of H-pyrrole nitrogens is 1. The third-order valence-corrected chi connectivity index (χ3v) is 6.03. The second kappa shape index (κ2) is 9.09. The minimum atomic E-state index is -0.310. The van der Waals surface area contributed by atoms with Crippen LogP contribution in [0.4, 0.5) is 5.82 Å². The Kier molecular flexibility index (Phi) is 5.85. The lowest BCUT2D eigenvalue weighted by atomic mass is 10.0. The van der Waals surface area contributed by atoms with Crippen LogP contribution in [-0.2, 0) is 6.54 Å². The van der Waals surface area contributed by atoms with Crippen LogP contribution in [0.1, 0.15) is 34.5 Å². The van der Waals surface area contributed by atoms with E-state index in [1.807, 2.05) is 49.6 Å². The van der Waals surface area contributed by atoms with Crippen LogP contribution in [0.5, 0.6) is 0 Å². The van der Waals surface area contributed by atoms with Gasteiger partial charge in [-0.25, -0.2) is 4.98 Å². The number of aromatic nitrogens is 4. The first-order valence-corrected chi connectivity index (χ1v) is 11.1. The summed E-state index contributed by atoms with van der Waals surface area (Å²) in [6.07, 6.45) is 6.83. The van der Waals surface area contributed by atoms with E-state index in [9.17, 15) is 9.90 Å². The van der Waals surface area contributed by atoms with Gasteiger partial charge >= 0.3 is 0 Å².